The summed E-state index contributed by atoms with van der Waals surface area (Å²) in [6.07, 6.45) is -5.13. The van der Waals surface area contributed by atoms with Crippen molar-refractivity contribution in [2.45, 2.75) is 60.0 Å². The van der Waals surface area contributed by atoms with Crippen LogP contribution in [0, 0.1) is 11.8 Å². The van der Waals surface area contributed by atoms with Gasteiger partial charge in [0.2, 0.25) is 22.8 Å². The third-order valence-electron chi connectivity index (χ3n) is 10.0. The van der Waals surface area contributed by atoms with Crippen LogP contribution < -0.4 is 9.47 Å². The van der Waals surface area contributed by atoms with Crippen LogP contribution in [-0.2, 0) is 27.2 Å². The number of carbonyl (C=O) groups excluding carboxylic acids is 2. The summed E-state index contributed by atoms with van der Waals surface area (Å²) < 4.78 is 17.3. The number of hydrogen-bond acceptors (Lipinski definition) is 15. The topological polar surface area (TPSA) is 264 Å². The van der Waals surface area contributed by atoms with E-state index in [9.17, 15) is 60.7 Å². The van der Waals surface area contributed by atoms with Gasteiger partial charge in [-0.05, 0) is 23.3 Å². The zero-order valence-electron chi connectivity index (χ0n) is 22.9. The highest BCUT2D eigenvalue weighted by molar-refractivity contribution is 6.12. The Labute approximate surface area is 251 Å². The maximum Gasteiger partial charge on any atom is 0.229 e. The summed E-state index contributed by atoms with van der Waals surface area (Å²) >= 11 is 0. The molecule has 2 aromatic rings. The fourth-order valence-corrected chi connectivity index (χ4v) is 8.08. The minimum Gasteiger partial charge on any atom is -0.508 e. The molecule has 2 aromatic carbocycles. The fraction of sp³-hybridized carbons (Fsp3) is 0.400. The van der Waals surface area contributed by atoms with E-state index < -0.39 is 82.1 Å². The zero-order valence-corrected chi connectivity index (χ0v) is 22.9. The first-order valence-electron chi connectivity index (χ1n) is 14.0. The normalized spacial score (nSPS) is 42.3. The van der Waals surface area contributed by atoms with Crippen molar-refractivity contribution in [3.63, 3.8) is 0 Å². The molecule has 0 aromatic heterocycles. The molecule has 1 saturated heterocycles. The fourth-order valence-electron chi connectivity index (χ4n) is 8.08. The lowest BCUT2D eigenvalue weighted by Gasteiger charge is -2.57. The highest BCUT2D eigenvalue weighted by Crippen LogP contribution is 2.68. The van der Waals surface area contributed by atoms with Gasteiger partial charge in [-0.25, -0.2) is 0 Å². The van der Waals surface area contributed by atoms with Crippen LogP contribution in [0.25, 0.3) is 0 Å². The van der Waals surface area contributed by atoms with Crippen molar-refractivity contribution < 1.29 is 74.9 Å². The molecular weight excluding hydrogens is 600 g/mol. The van der Waals surface area contributed by atoms with E-state index >= 15 is 0 Å². The van der Waals surface area contributed by atoms with Crippen LogP contribution >= 0.6 is 0 Å². The monoisotopic (exact) mass is 626 g/mol. The molecule has 0 radical (unpaired) electrons. The minimum absolute atomic E-state index is 0.0832. The highest BCUT2D eigenvalue weighted by atomic mass is 16.8. The number of aliphatic hydroxyl groups excluding tert-OH is 2. The molecule has 15 nitrogen and oxygen atoms in total. The van der Waals surface area contributed by atoms with E-state index in [1.165, 1.54) is 0 Å². The second kappa shape index (κ2) is 8.32. The summed E-state index contributed by atoms with van der Waals surface area (Å²) in [7, 11) is 0. The van der Waals surface area contributed by atoms with Gasteiger partial charge in [-0.3, -0.25) is 9.59 Å². The van der Waals surface area contributed by atoms with Gasteiger partial charge in [-0.15, -0.1) is 0 Å². The molecule has 3 heterocycles. The number of phenolic OH excluding ortho intramolecular Hbond substituents is 4. The number of fused-ring (bicyclic) bond motifs is 4. The molecule has 45 heavy (non-hydrogen) atoms. The molecular formula is C30H26O15. The van der Waals surface area contributed by atoms with Crippen molar-refractivity contribution in [2.75, 3.05) is 0 Å². The van der Waals surface area contributed by atoms with Gasteiger partial charge < -0.3 is 65.3 Å². The summed E-state index contributed by atoms with van der Waals surface area (Å²) in [5, 5.41) is 110. The largest absolute Gasteiger partial charge is 0.508 e. The van der Waals surface area contributed by atoms with Crippen molar-refractivity contribution in [2.24, 2.45) is 11.8 Å². The predicted octanol–water partition coefficient (Wildman–Crippen LogP) is -2.33. The third-order valence-corrected chi connectivity index (χ3v) is 10.0. The Morgan fingerprint density at radius 3 is 1.76 bits per heavy atom. The molecule has 8 rings (SSSR count). The average molecular weight is 627 g/mol. The van der Waals surface area contributed by atoms with E-state index in [0.717, 1.165) is 36.4 Å². The van der Waals surface area contributed by atoms with Gasteiger partial charge in [0.25, 0.3) is 0 Å². The average Bonchev–Trinajstić information content (AvgIpc) is 3.01. The predicted molar refractivity (Wildman–Crippen MR) is 142 cm³/mol. The van der Waals surface area contributed by atoms with Crippen LogP contribution in [0.3, 0.4) is 0 Å². The number of phenols is 4. The molecule has 6 unspecified atom stereocenters. The van der Waals surface area contributed by atoms with E-state index in [2.05, 4.69) is 0 Å². The Kier molecular flexibility index (Phi) is 5.23. The summed E-state index contributed by atoms with van der Waals surface area (Å²) in [5.41, 5.74) is -7.16. The van der Waals surface area contributed by atoms with Crippen LogP contribution in [0.1, 0.15) is 11.1 Å². The molecule has 6 aliphatic rings. The van der Waals surface area contributed by atoms with E-state index in [-0.39, 0.29) is 58.1 Å². The minimum atomic E-state index is -3.43. The number of ketones is 2. The smallest absolute Gasteiger partial charge is 0.229 e. The van der Waals surface area contributed by atoms with Crippen molar-refractivity contribution in [1.82, 2.24) is 0 Å². The van der Waals surface area contributed by atoms with Crippen molar-refractivity contribution >= 4 is 11.6 Å². The first-order chi connectivity index (χ1) is 21.1. The molecule has 15 heteroatoms. The number of Topliss-reactive ketones (excluding diaryl/α,β-unsaturated/α-hetero) is 1. The summed E-state index contributed by atoms with van der Waals surface area (Å²) in [5.74, 6) is -14.6. The van der Waals surface area contributed by atoms with Crippen molar-refractivity contribution in [3.05, 3.63) is 58.7 Å². The number of carbonyl (C=O) groups is 2. The molecule has 3 aliphatic carbocycles. The van der Waals surface area contributed by atoms with Gasteiger partial charge in [0.05, 0.1) is 24.0 Å². The van der Waals surface area contributed by atoms with Gasteiger partial charge in [0, 0.05) is 48.2 Å². The molecule has 10 atom stereocenters. The molecule has 0 amide bonds. The van der Waals surface area contributed by atoms with Gasteiger partial charge in [0.1, 0.15) is 46.7 Å². The van der Waals surface area contributed by atoms with Gasteiger partial charge in [0.15, 0.2) is 11.6 Å². The van der Waals surface area contributed by atoms with Crippen molar-refractivity contribution in [1.29, 1.82) is 0 Å². The summed E-state index contributed by atoms with van der Waals surface area (Å²) in [6, 6.07) is 4.34. The lowest BCUT2D eigenvalue weighted by atomic mass is 9.48. The number of rotatable bonds is 2. The van der Waals surface area contributed by atoms with Gasteiger partial charge >= 0.3 is 0 Å². The van der Waals surface area contributed by atoms with E-state index in [0.29, 0.717) is 0 Å². The number of ether oxygens (including phenoxy) is 3. The summed E-state index contributed by atoms with van der Waals surface area (Å²) in [6.45, 7) is 0. The van der Waals surface area contributed by atoms with Crippen LogP contribution in [0.4, 0.5) is 0 Å². The Morgan fingerprint density at radius 2 is 1.22 bits per heavy atom. The summed E-state index contributed by atoms with van der Waals surface area (Å²) in [4.78, 5) is 27.8. The second-order valence-electron chi connectivity index (χ2n) is 12.4. The molecule has 236 valence electrons. The van der Waals surface area contributed by atoms with Crippen LogP contribution in [0.15, 0.2) is 47.6 Å². The lowest BCUT2D eigenvalue weighted by molar-refractivity contribution is -0.316. The van der Waals surface area contributed by atoms with E-state index in [1.54, 1.807) is 0 Å². The van der Waals surface area contributed by atoms with Crippen LogP contribution in [0.2, 0.25) is 0 Å². The Morgan fingerprint density at radius 1 is 0.711 bits per heavy atom. The molecule has 2 fully saturated rings. The molecule has 5 bridgehead atoms. The first kappa shape index (κ1) is 28.3. The Bertz CT molecular complexity index is 1810. The maximum absolute atomic E-state index is 14.2. The van der Waals surface area contributed by atoms with E-state index in [4.69, 9.17) is 14.2 Å². The second-order valence-corrected chi connectivity index (χ2v) is 12.4. The van der Waals surface area contributed by atoms with E-state index in [1.807, 2.05) is 0 Å². The van der Waals surface area contributed by atoms with Crippen LogP contribution in [0.5, 0.6) is 34.5 Å². The maximum atomic E-state index is 14.2. The Hall–Kier alpha value is -4.22. The van der Waals surface area contributed by atoms with Crippen molar-refractivity contribution in [3.8, 4) is 34.5 Å². The molecule has 10 N–H and O–H groups in total. The first-order valence-corrected chi connectivity index (χ1v) is 14.0. The Balaban J connectivity index is 1.30. The highest BCUT2D eigenvalue weighted by Gasteiger charge is 2.93. The van der Waals surface area contributed by atoms with Gasteiger partial charge in [-0.1, -0.05) is 0 Å². The number of aromatic hydroxyl groups is 4. The SMILES string of the molecule is O=C1C2C([C@H]3Oc4cc(O)cc(O)c4C[C@H]3O)=CC3(O)OC4(O)C2C([C@@H]2Oc5cc(O)cc(O)c5C[C@@H]2O)=CC(=O)C4(O)C13O. The standard InChI is InChI=1S/C30H26O15/c31-9-1-15(33)11-5-17(35)24(43-19(11)3-9)13-7-21(37)28(40)29(41)26(38)22-14(8-27(29,39)45-30(28,42)23(13)22)25-18(36)6-12-16(34)2-10(32)4-20(12)44-25/h1-4,7-8,17-18,22-25,31-36,39-42H,5-6H2/t17-,18+,22?,23?,24-,25+,27?,28?,29?,30?/m0/s1. The number of benzene rings is 2. The zero-order chi connectivity index (χ0) is 32.2. The lowest BCUT2D eigenvalue weighted by Crippen LogP contribution is -2.82. The van der Waals surface area contributed by atoms with Crippen LogP contribution in [-0.4, -0.2) is 110 Å². The quantitative estimate of drug-likeness (QED) is 0.157. The van der Waals surface area contributed by atoms with Gasteiger partial charge in [-0.2, -0.15) is 0 Å². The number of aliphatic hydroxyl groups is 6. The molecule has 0 spiro atoms. The molecule has 3 aliphatic heterocycles. The number of hydrogen-bond donors (Lipinski definition) is 10. The third kappa shape index (κ3) is 3.08. The molecule has 1 saturated carbocycles.